The number of nitriles is 1. The third kappa shape index (κ3) is 3.52. The Morgan fingerprint density at radius 3 is 2.53 bits per heavy atom. The molecule has 0 atom stereocenters. The molecule has 0 aromatic carbocycles. The van der Waals surface area contributed by atoms with Gasteiger partial charge in [-0.05, 0) is 32.1 Å². The van der Waals surface area contributed by atoms with Crippen LogP contribution in [-0.4, -0.2) is 35.1 Å². The fraction of sp³-hybridized carbons (Fsp3) is 0.818. The van der Waals surface area contributed by atoms with Crippen molar-refractivity contribution in [2.45, 2.75) is 39.2 Å². The highest BCUT2D eigenvalue weighted by Crippen LogP contribution is 2.49. The summed E-state index contributed by atoms with van der Waals surface area (Å²) in [5.41, 5.74) is 0.0917. The summed E-state index contributed by atoms with van der Waals surface area (Å²) in [5.74, 6) is -0.795. The molecule has 4 nitrogen and oxygen atoms in total. The van der Waals surface area contributed by atoms with Crippen molar-refractivity contribution in [3.63, 3.8) is 0 Å². The second kappa shape index (κ2) is 4.63. The molecule has 1 N–H and O–H groups in total. The average molecular weight is 210 g/mol. The molecule has 0 bridgehead atoms. The smallest absolute Gasteiger partial charge is 0.317 e. The molecule has 4 heteroatoms. The zero-order chi connectivity index (χ0) is 11.5. The van der Waals surface area contributed by atoms with Gasteiger partial charge in [0, 0.05) is 19.0 Å². The van der Waals surface area contributed by atoms with Crippen LogP contribution in [0.4, 0.5) is 0 Å². The lowest BCUT2D eigenvalue weighted by molar-refractivity contribution is -0.139. The zero-order valence-corrected chi connectivity index (χ0v) is 9.36. The van der Waals surface area contributed by atoms with Crippen LogP contribution in [0.1, 0.15) is 33.1 Å². The highest BCUT2D eigenvalue weighted by Gasteiger charge is 2.44. The van der Waals surface area contributed by atoms with Crippen molar-refractivity contribution in [3.05, 3.63) is 0 Å². The van der Waals surface area contributed by atoms with Crippen molar-refractivity contribution in [2.24, 2.45) is 5.41 Å². The van der Waals surface area contributed by atoms with Crippen LogP contribution in [-0.2, 0) is 4.79 Å². The van der Waals surface area contributed by atoms with E-state index >= 15 is 0 Å². The molecule has 0 radical (unpaired) electrons. The monoisotopic (exact) mass is 210 g/mol. The molecule has 0 spiro atoms. The number of carbonyl (C=O) groups is 1. The maximum atomic E-state index is 10.7. The SMILES string of the molecule is CC(C)N(CC(=O)O)CC1(CC#N)CC1. The van der Waals surface area contributed by atoms with Crippen molar-refractivity contribution in [2.75, 3.05) is 13.1 Å². The number of carboxylic acids is 1. The van der Waals surface area contributed by atoms with E-state index in [-0.39, 0.29) is 18.0 Å². The molecule has 1 saturated carbocycles. The van der Waals surface area contributed by atoms with Crippen LogP contribution in [0, 0.1) is 16.7 Å². The van der Waals surface area contributed by atoms with Crippen LogP contribution in [0.5, 0.6) is 0 Å². The van der Waals surface area contributed by atoms with Gasteiger partial charge in [-0.15, -0.1) is 0 Å². The number of carboxylic acid groups (broad SMARTS) is 1. The first-order valence-electron chi connectivity index (χ1n) is 5.32. The van der Waals surface area contributed by atoms with Gasteiger partial charge in [0.15, 0.2) is 0 Å². The van der Waals surface area contributed by atoms with Gasteiger partial charge in [-0.1, -0.05) is 0 Å². The lowest BCUT2D eigenvalue weighted by Gasteiger charge is -2.28. The number of aliphatic carboxylic acids is 1. The largest absolute Gasteiger partial charge is 0.480 e. The van der Waals surface area contributed by atoms with Crippen LogP contribution in [0.3, 0.4) is 0 Å². The average Bonchev–Trinajstić information content (AvgIpc) is 2.83. The molecule has 1 aliphatic rings. The summed E-state index contributed by atoms with van der Waals surface area (Å²) in [6, 6.07) is 2.41. The molecule has 0 heterocycles. The summed E-state index contributed by atoms with van der Waals surface area (Å²) >= 11 is 0. The van der Waals surface area contributed by atoms with Gasteiger partial charge in [-0.25, -0.2) is 0 Å². The predicted molar refractivity (Wildman–Crippen MR) is 56.2 cm³/mol. The first-order valence-corrected chi connectivity index (χ1v) is 5.32. The number of hydrogen-bond donors (Lipinski definition) is 1. The van der Waals surface area contributed by atoms with Crippen LogP contribution in [0.2, 0.25) is 0 Å². The number of hydrogen-bond acceptors (Lipinski definition) is 3. The summed E-state index contributed by atoms with van der Waals surface area (Å²) in [5, 5.41) is 17.5. The maximum Gasteiger partial charge on any atom is 0.317 e. The van der Waals surface area contributed by atoms with Gasteiger partial charge in [0.05, 0.1) is 12.6 Å². The van der Waals surface area contributed by atoms with Crippen LogP contribution >= 0.6 is 0 Å². The molecule has 84 valence electrons. The Morgan fingerprint density at radius 1 is 1.60 bits per heavy atom. The zero-order valence-electron chi connectivity index (χ0n) is 9.36. The third-order valence-corrected chi connectivity index (χ3v) is 3.02. The fourth-order valence-electron chi connectivity index (χ4n) is 1.76. The van der Waals surface area contributed by atoms with E-state index in [2.05, 4.69) is 6.07 Å². The maximum absolute atomic E-state index is 10.7. The summed E-state index contributed by atoms with van der Waals surface area (Å²) < 4.78 is 0. The highest BCUT2D eigenvalue weighted by atomic mass is 16.4. The van der Waals surface area contributed by atoms with Gasteiger partial charge in [-0.3, -0.25) is 9.69 Å². The summed E-state index contributed by atoms with van der Waals surface area (Å²) in [7, 11) is 0. The third-order valence-electron chi connectivity index (χ3n) is 3.02. The van der Waals surface area contributed by atoms with E-state index in [0.29, 0.717) is 6.42 Å². The summed E-state index contributed by atoms with van der Waals surface area (Å²) in [6.45, 7) is 4.80. The Morgan fingerprint density at radius 2 is 2.20 bits per heavy atom. The number of rotatable bonds is 6. The molecule has 1 aliphatic carbocycles. The molecular formula is C11H18N2O2. The lowest BCUT2D eigenvalue weighted by atomic mass is 10.0. The molecule has 1 fully saturated rings. The van der Waals surface area contributed by atoms with E-state index in [1.54, 1.807) is 0 Å². The Kier molecular flexibility index (Phi) is 3.70. The molecular weight excluding hydrogens is 192 g/mol. The van der Waals surface area contributed by atoms with Crippen LogP contribution < -0.4 is 0 Å². The van der Waals surface area contributed by atoms with E-state index in [0.717, 1.165) is 19.4 Å². The second-order valence-electron chi connectivity index (χ2n) is 4.73. The van der Waals surface area contributed by atoms with Gasteiger partial charge in [-0.2, -0.15) is 5.26 Å². The minimum absolute atomic E-state index is 0.0743. The van der Waals surface area contributed by atoms with Crippen molar-refractivity contribution in [1.29, 1.82) is 5.26 Å². The number of nitrogens with zero attached hydrogens (tertiary/aromatic N) is 2. The molecule has 0 aromatic heterocycles. The Balaban J connectivity index is 2.52. The van der Waals surface area contributed by atoms with Crippen molar-refractivity contribution in [1.82, 2.24) is 4.90 Å². The van der Waals surface area contributed by atoms with E-state index in [1.807, 2.05) is 18.7 Å². The first kappa shape index (κ1) is 12.0. The quantitative estimate of drug-likeness (QED) is 0.721. The van der Waals surface area contributed by atoms with E-state index < -0.39 is 5.97 Å². The molecule has 0 unspecified atom stereocenters. The molecule has 0 aromatic rings. The van der Waals surface area contributed by atoms with Crippen molar-refractivity contribution >= 4 is 5.97 Å². The molecule has 0 saturated heterocycles. The van der Waals surface area contributed by atoms with Gasteiger partial charge < -0.3 is 5.11 Å². The minimum atomic E-state index is -0.795. The van der Waals surface area contributed by atoms with Crippen LogP contribution in [0.15, 0.2) is 0 Å². The Bertz CT molecular complexity index is 277. The molecule has 15 heavy (non-hydrogen) atoms. The minimum Gasteiger partial charge on any atom is -0.480 e. The highest BCUT2D eigenvalue weighted by molar-refractivity contribution is 5.69. The van der Waals surface area contributed by atoms with Crippen molar-refractivity contribution in [3.8, 4) is 6.07 Å². The lowest BCUT2D eigenvalue weighted by Crippen LogP contribution is -2.39. The van der Waals surface area contributed by atoms with Gasteiger partial charge in [0.2, 0.25) is 0 Å². The first-order chi connectivity index (χ1) is 6.99. The van der Waals surface area contributed by atoms with Gasteiger partial charge in [0.25, 0.3) is 0 Å². The fourth-order valence-corrected chi connectivity index (χ4v) is 1.76. The Labute approximate surface area is 90.5 Å². The standard InChI is InChI=1S/C11H18N2O2/c1-9(2)13(7-10(14)15)8-11(3-4-11)5-6-12/h9H,3-5,7-8H2,1-2H3,(H,14,15). The summed E-state index contributed by atoms with van der Waals surface area (Å²) in [6.07, 6.45) is 2.67. The van der Waals surface area contributed by atoms with Crippen LogP contribution in [0.25, 0.3) is 0 Å². The van der Waals surface area contributed by atoms with E-state index in [1.165, 1.54) is 0 Å². The molecule has 0 amide bonds. The topological polar surface area (TPSA) is 64.3 Å². The van der Waals surface area contributed by atoms with E-state index in [4.69, 9.17) is 10.4 Å². The molecule has 0 aliphatic heterocycles. The molecule has 1 rings (SSSR count). The van der Waals surface area contributed by atoms with E-state index in [9.17, 15) is 4.79 Å². The Hall–Kier alpha value is -1.08. The van der Waals surface area contributed by atoms with Gasteiger partial charge in [0.1, 0.15) is 0 Å². The van der Waals surface area contributed by atoms with Crippen molar-refractivity contribution < 1.29 is 9.90 Å². The summed E-state index contributed by atoms with van der Waals surface area (Å²) in [4.78, 5) is 12.6. The second-order valence-corrected chi connectivity index (χ2v) is 4.73. The predicted octanol–water partition coefficient (Wildman–Crippen LogP) is 1.48. The normalized spacial score (nSPS) is 17.8. The van der Waals surface area contributed by atoms with Gasteiger partial charge >= 0.3 is 5.97 Å².